The van der Waals surface area contributed by atoms with Gasteiger partial charge in [0.2, 0.25) is 0 Å². The van der Waals surface area contributed by atoms with Gasteiger partial charge in [-0.05, 0) is 34.5 Å². The first-order valence-corrected chi connectivity index (χ1v) is 6.23. The first kappa shape index (κ1) is 12.3. The molecule has 0 atom stereocenters. The molecule has 5 heteroatoms. The number of aromatic nitrogens is 2. The van der Waals surface area contributed by atoms with Crippen molar-refractivity contribution in [3.63, 3.8) is 0 Å². The Hall–Kier alpha value is -1.13. The van der Waals surface area contributed by atoms with Crippen LogP contribution in [0.1, 0.15) is 5.56 Å². The number of aryl methyl sites for hydroxylation is 1. The van der Waals surface area contributed by atoms with Crippen molar-refractivity contribution < 1.29 is 0 Å². The van der Waals surface area contributed by atoms with E-state index in [4.69, 9.17) is 11.6 Å². The average Bonchev–Trinajstić information content (AvgIpc) is 2.32. The van der Waals surface area contributed by atoms with E-state index in [0.717, 1.165) is 11.5 Å². The molecule has 0 saturated carbocycles. The second-order valence-electron chi connectivity index (χ2n) is 3.65. The molecule has 0 amide bonds. The fraction of sp³-hybridized carbons (Fsp3) is 0.167. The Labute approximate surface area is 114 Å². The molecule has 1 heterocycles. The summed E-state index contributed by atoms with van der Waals surface area (Å²) in [5, 5.41) is 0.412. The number of rotatable bonds is 2. The molecule has 3 nitrogen and oxygen atoms in total. The van der Waals surface area contributed by atoms with Crippen LogP contribution in [-0.2, 0) is 0 Å². The smallest absolute Gasteiger partial charge is 0.152 e. The molecular weight excluding hydrogens is 302 g/mol. The van der Waals surface area contributed by atoms with Gasteiger partial charge < -0.3 is 4.90 Å². The standard InChI is InChI=1S/C12H11BrClN3/c1-8-5-3-4-6-9(8)17(2)12-10(13)11(14)15-7-16-12/h3-7H,1-2H3. The van der Waals surface area contributed by atoms with Crippen molar-refractivity contribution in [1.82, 2.24) is 9.97 Å². The molecular formula is C12H11BrClN3. The van der Waals surface area contributed by atoms with Crippen molar-refractivity contribution in [2.75, 3.05) is 11.9 Å². The minimum atomic E-state index is 0.412. The summed E-state index contributed by atoms with van der Waals surface area (Å²) in [4.78, 5) is 10.1. The molecule has 0 aliphatic carbocycles. The van der Waals surface area contributed by atoms with Crippen molar-refractivity contribution in [3.8, 4) is 0 Å². The van der Waals surface area contributed by atoms with Crippen LogP contribution in [-0.4, -0.2) is 17.0 Å². The highest BCUT2D eigenvalue weighted by atomic mass is 79.9. The first-order valence-electron chi connectivity index (χ1n) is 5.06. The van der Waals surface area contributed by atoms with Crippen LogP contribution in [0.15, 0.2) is 35.1 Å². The number of benzene rings is 1. The Kier molecular flexibility index (Phi) is 3.64. The van der Waals surface area contributed by atoms with Crippen LogP contribution in [0.4, 0.5) is 11.5 Å². The van der Waals surface area contributed by atoms with E-state index < -0.39 is 0 Å². The number of hydrogen-bond donors (Lipinski definition) is 0. The average molecular weight is 313 g/mol. The van der Waals surface area contributed by atoms with Crippen LogP contribution in [0.3, 0.4) is 0 Å². The molecule has 0 bridgehead atoms. The SMILES string of the molecule is Cc1ccccc1N(C)c1ncnc(Cl)c1Br. The van der Waals surface area contributed by atoms with Crippen LogP contribution in [0.5, 0.6) is 0 Å². The highest BCUT2D eigenvalue weighted by molar-refractivity contribution is 9.10. The number of para-hydroxylation sites is 1. The second kappa shape index (κ2) is 5.02. The molecule has 0 aliphatic heterocycles. The van der Waals surface area contributed by atoms with Crippen LogP contribution >= 0.6 is 27.5 Å². The number of halogens is 2. The van der Waals surface area contributed by atoms with Crippen molar-refractivity contribution in [2.24, 2.45) is 0 Å². The Morgan fingerprint density at radius 2 is 1.94 bits per heavy atom. The molecule has 0 unspecified atom stereocenters. The van der Waals surface area contributed by atoms with E-state index in [1.54, 1.807) is 0 Å². The second-order valence-corrected chi connectivity index (χ2v) is 4.80. The Bertz CT molecular complexity index is 545. The van der Waals surface area contributed by atoms with Gasteiger partial charge in [-0.25, -0.2) is 9.97 Å². The van der Waals surface area contributed by atoms with Crippen molar-refractivity contribution in [2.45, 2.75) is 6.92 Å². The lowest BCUT2D eigenvalue weighted by Crippen LogP contribution is -2.13. The summed E-state index contributed by atoms with van der Waals surface area (Å²) >= 11 is 9.36. The van der Waals surface area contributed by atoms with Gasteiger partial charge in [-0.15, -0.1) is 0 Å². The molecule has 0 saturated heterocycles. The molecule has 17 heavy (non-hydrogen) atoms. The molecule has 0 spiro atoms. The molecule has 0 N–H and O–H groups in total. The Morgan fingerprint density at radius 1 is 1.24 bits per heavy atom. The summed E-state index contributed by atoms with van der Waals surface area (Å²) < 4.78 is 0.701. The largest absolute Gasteiger partial charge is 0.328 e. The third-order valence-corrected chi connectivity index (χ3v) is 3.77. The highest BCUT2D eigenvalue weighted by Crippen LogP contribution is 2.33. The van der Waals surface area contributed by atoms with E-state index in [9.17, 15) is 0 Å². The van der Waals surface area contributed by atoms with E-state index in [-0.39, 0.29) is 0 Å². The van der Waals surface area contributed by atoms with E-state index in [2.05, 4.69) is 38.9 Å². The van der Waals surface area contributed by atoms with Crippen molar-refractivity contribution in [3.05, 3.63) is 45.8 Å². The van der Waals surface area contributed by atoms with E-state index >= 15 is 0 Å². The molecule has 1 aromatic carbocycles. The van der Waals surface area contributed by atoms with Crippen molar-refractivity contribution >= 4 is 39.0 Å². The van der Waals surface area contributed by atoms with Gasteiger partial charge in [-0.1, -0.05) is 29.8 Å². The van der Waals surface area contributed by atoms with Gasteiger partial charge in [0, 0.05) is 12.7 Å². The van der Waals surface area contributed by atoms with Gasteiger partial charge >= 0.3 is 0 Å². The summed E-state index contributed by atoms with van der Waals surface area (Å²) in [6, 6.07) is 8.10. The molecule has 88 valence electrons. The fourth-order valence-corrected chi connectivity index (χ4v) is 2.23. The van der Waals surface area contributed by atoms with Crippen LogP contribution in [0.25, 0.3) is 0 Å². The van der Waals surface area contributed by atoms with Gasteiger partial charge in [0.25, 0.3) is 0 Å². The summed E-state index contributed by atoms with van der Waals surface area (Å²) in [5.41, 5.74) is 2.26. The summed E-state index contributed by atoms with van der Waals surface area (Å²) in [6.07, 6.45) is 1.46. The van der Waals surface area contributed by atoms with E-state index in [0.29, 0.717) is 9.63 Å². The number of anilines is 2. The Balaban J connectivity index is 2.48. The fourth-order valence-electron chi connectivity index (χ4n) is 1.63. The van der Waals surface area contributed by atoms with Crippen LogP contribution < -0.4 is 4.90 Å². The molecule has 0 fully saturated rings. The quantitative estimate of drug-likeness (QED) is 0.786. The lowest BCUT2D eigenvalue weighted by atomic mass is 10.2. The summed E-state index contributed by atoms with van der Waals surface area (Å²) in [7, 11) is 1.95. The van der Waals surface area contributed by atoms with Gasteiger partial charge in [0.05, 0.1) is 4.47 Å². The lowest BCUT2D eigenvalue weighted by Gasteiger charge is -2.21. The normalized spacial score (nSPS) is 10.4. The third kappa shape index (κ3) is 2.42. The predicted octanol–water partition coefficient (Wildman–Crippen LogP) is 3.97. The van der Waals surface area contributed by atoms with Gasteiger partial charge in [0.1, 0.15) is 11.5 Å². The summed E-state index contributed by atoms with van der Waals surface area (Å²) in [6.45, 7) is 2.06. The number of nitrogens with zero attached hydrogens (tertiary/aromatic N) is 3. The minimum Gasteiger partial charge on any atom is -0.328 e. The topological polar surface area (TPSA) is 29.0 Å². The third-order valence-electron chi connectivity index (χ3n) is 2.52. The molecule has 0 radical (unpaired) electrons. The maximum atomic E-state index is 5.96. The molecule has 2 aromatic rings. The van der Waals surface area contributed by atoms with E-state index in [1.165, 1.54) is 11.9 Å². The predicted molar refractivity (Wildman–Crippen MR) is 74.0 cm³/mol. The van der Waals surface area contributed by atoms with Crippen LogP contribution in [0.2, 0.25) is 5.15 Å². The Morgan fingerprint density at radius 3 is 2.65 bits per heavy atom. The number of hydrogen-bond acceptors (Lipinski definition) is 3. The maximum absolute atomic E-state index is 5.96. The van der Waals surface area contributed by atoms with Crippen LogP contribution in [0, 0.1) is 6.92 Å². The highest BCUT2D eigenvalue weighted by Gasteiger charge is 2.13. The molecule has 1 aromatic heterocycles. The van der Waals surface area contributed by atoms with Gasteiger partial charge in [-0.2, -0.15) is 0 Å². The van der Waals surface area contributed by atoms with Crippen molar-refractivity contribution in [1.29, 1.82) is 0 Å². The molecule has 0 aliphatic rings. The van der Waals surface area contributed by atoms with Gasteiger partial charge in [-0.3, -0.25) is 0 Å². The zero-order valence-electron chi connectivity index (χ0n) is 9.48. The lowest BCUT2D eigenvalue weighted by molar-refractivity contribution is 1.06. The first-order chi connectivity index (χ1) is 8.11. The zero-order valence-corrected chi connectivity index (χ0v) is 11.8. The van der Waals surface area contributed by atoms with E-state index in [1.807, 2.05) is 30.1 Å². The maximum Gasteiger partial charge on any atom is 0.152 e. The monoisotopic (exact) mass is 311 g/mol. The van der Waals surface area contributed by atoms with Gasteiger partial charge in [0.15, 0.2) is 5.82 Å². The zero-order chi connectivity index (χ0) is 12.4. The molecule has 2 rings (SSSR count). The minimum absolute atomic E-state index is 0.412. The summed E-state index contributed by atoms with van der Waals surface area (Å²) in [5.74, 6) is 0.749.